The summed E-state index contributed by atoms with van der Waals surface area (Å²) in [5, 5.41) is 1.06. The number of rotatable bonds is 0. The summed E-state index contributed by atoms with van der Waals surface area (Å²) < 4.78 is 1.92. The Labute approximate surface area is 63.3 Å². The topological polar surface area (TPSA) is 37.8 Å². The molecular weight excluding hydrogens is 140 g/mol. The van der Waals surface area contributed by atoms with Crippen LogP contribution in [0.1, 0.15) is 0 Å². The van der Waals surface area contributed by atoms with Gasteiger partial charge in [0.05, 0.1) is 5.52 Å². The highest BCUT2D eigenvalue weighted by molar-refractivity contribution is 5.78. The third kappa shape index (κ3) is 0.852. The normalized spacial score (nSPS) is 10.6. The molecule has 11 heavy (non-hydrogen) atoms. The van der Waals surface area contributed by atoms with Crippen LogP contribution in [0.5, 0.6) is 0 Å². The van der Waals surface area contributed by atoms with Crippen molar-refractivity contribution in [2.24, 2.45) is 7.05 Å². The van der Waals surface area contributed by atoms with Gasteiger partial charge in [-0.15, -0.1) is 0 Å². The number of aromatic amines is 1. The van der Waals surface area contributed by atoms with E-state index >= 15 is 0 Å². The average Bonchev–Trinajstić information content (AvgIpc) is 2.33. The van der Waals surface area contributed by atoms with E-state index in [4.69, 9.17) is 0 Å². The predicted octanol–water partition coefficient (Wildman–Crippen LogP) is 0.867. The number of pyridine rings is 1. The summed E-state index contributed by atoms with van der Waals surface area (Å²) >= 11 is 0. The van der Waals surface area contributed by atoms with Crippen molar-refractivity contribution in [3.63, 3.8) is 0 Å². The molecule has 2 aromatic heterocycles. The van der Waals surface area contributed by atoms with Gasteiger partial charge < -0.3 is 9.55 Å². The molecule has 56 valence electrons. The van der Waals surface area contributed by atoms with E-state index in [-0.39, 0.29) is 5.56 Å². The Morgan fingerprint density at radius 2 is 2.36 bits per heavy atom. The molecule has 0 bridgehead atoms. The van der Waals surface area contributed by atoms with E-state index < -0.39 is 0 Å². The summed E-state index contributed by atoms with van der Waals surface area (Å²) in [6, 6.07) is 3.56. The molecule has 0 radical (unpaired) electrons. The van der Waals surface area contributed by atoms with E-state index in [2.05, 4.69) is 4.98 Å². The minimum atomic E-state index is -0.0562. The summed E-state index contributed by atoms with van der Waals surface area (Å²) in [4.78, 5) is 13.5. The van der Waals surface area contributed by atoms with Crippen molar-refractivity contribution < 1.29 is 0 Å². The van der Waals surface area contributed by atoms with Crippen molar-refractivity contribution in [3.05, 3.63) is 34.9 Å². The lowest BCUT2D eigenvalue weighted by Crippen LogP contribution is -2.02. The number of H-pyrrole nitrogens is 1. The fourth-order valence-corrected chi connectivity index (χ4v) is 1.18. The van der Waals surface area contributed by atoms with Crippen LogP contribution in [0.4, 0.5) is 0 Å². The molecule has 1 N–H and O–H groups in total. The van der Waals surface area contributed by atoms with E-state index in [1.54, 1.807) is 12.3 Å². The fourth-order valence-electron chi connectivity index (χ4n) is 1.18. The zero-order valence-electron chi connectivity index (χ0n) is 6.16. The second kappa shape index (κ2) is 1.99. The number of hydrogen-bond donors (Lipinski definition) is 1. The first-order chi connectivity index (χ1) is 5.27. The first-order valence-corrected chi connectivity index (χ1v) is 3.41. The lowest BCUT2D eigenvalue weighted by Gasteiger charge is -1.92. The molecular formula is C8H8N2O. The Morgan fingerprint density at radius 3 is 3.18 bits per heavy atom. The second-order valence-electron chi connectivity index (χ2n) is 2.56. The quantitative estimate of drug-likeness (QED) is 0.591. The van der Waals surface area contributed by atoms with Crippen LogP contribution in [-0.4, -0.2) is 9.55 Å². The van der Waals surface area contributed by atoms with Gasteiger partial charge in [-0.25, -0.2) is 0 Å². The number of nitrogens with zero attached hydrogens (tertiary/aromatic N) is 1. The van der Waals surface area contributed by atoms with Gasteiger partial charge in [0.1, 0.15) is 0 Å². The first kappa shape index (κ1) is 6.22. The van der Waals surface area contributed by atoms with Crippen molar-refractivity contribution in [3.8, 4) is 0 Å². The lowest BCUT2D eigenvalue weighted by atomic mass is 10.3. The van der Waals surface area contributed by atoms with Crippen LogP contribution in [0, 0.1) is 0 Å². The molecule has 3 heteroatoms. The van der Waals surface area contributed by atoms with Gasteiger partial charge in [0.25, 0.3) is 0 Å². The van der Waals surface area contributed by atoms with Gasteiger partial charge in [0.15, 0.2) is 0 Å². The van der Waals surface area contributed by atoms with Crippen molar-refractivity contribution in [1.82, 2.24) is 9.55 Å². The predicted molar refractivity (Wildman–Crippen MR) is 43.5 cm³/mol. The number of nitrogens with one attached hydrogen (secondary N) is 1. The maximum absolute atomic E-state index is 10.9. The van der Waals surface area contributed by atoms with Crippen molar-refractivity contribution in [1.29, 1.82) is 0 Å². The molecule has 0 aliphatic carbocycles. The second-order valence-corrected chi connectivity index (χ2v) is 2.56. The molecule has 0 unspecified atom stereocenters. The van der Waals surface area contributed by atoms with Gasteiger partial charge in [0.2, 0.25) is 5.56 Å². The molecule has 0 saturated heterocycles. The molecule has 0 saturated carbocycles. The minimum absolute atomic E-state index is 0.0562. The van der Waals surface area contributed by atoms with Gasteiger partial charge >= 0.3 is 0 Å². The van der Waals surface area contributed by atoms with Gasteiger partial charge in [-0.2, -0.15) is 0 Å². The average molecular weight is 148 g/mol. The zero-order valence-corrected chi connectivity index (χ0v) is 6.16. The lowest BCUT2D eigenvalue weighted by molar-refractivity contribution is 0.966. The number of aromatic nitrogens is 2. The molecule has 0 fully saturated rings. The fraction of sp³-hybridized carbons (Fsp3) is 0.125. The van der Waals surface area contributed by atoms with E-state index in [1.807, 2.05) is 23.9 Å². The van der Waals surface area contributed by atoms with Crippen LogP contribution in [0.2, 0.25) is 0 Å². The molecule has 0 aliphatic rings. The first-order valence-electron chi connectivity index (χ1n) is 3.41. The highest BCUT2D eigenvalue weighted by atomic mass is 16.1. The molecule has 0 aromatic carbocycles. The van der Waals surface area contributed by atoms with Crippen LogP contribution in [0.25, 0.3) is 10.9 Å². The molecule has 0 amide bonds. The summed E-state index contributed by atoms with van der Waals surface area (Å²) in [7, 11) is 1.92. The zero-order chi connectivity index (χ0) is 7.84. The van der Waals surface area contributed by atoms with Crippen LogP contribution in [0.15, 0.2) is 29.3 Å². The molecule has 0 atom stereocenters. The van der Waals surface area contributed by atoms with Gasteiger partial charge in [-0.1, -0.05) is 0 Å². The molecule has 2 rings (SSSR count). The van der Waals surface area contributed by atoms with E-state index in [9.17, 15) is 4.79 Å². The number of hydrogen-bond acceptors (Lipinski definition) is 1. The molecule has 2 heterocycles. The van der Waals surface area contributed by atoms with Crippen molar-refractivity contribution >= 4 is 10.9 Å². The summed E-state index contributed by atoms with van der Waals surface area (Å²) in [5.74, 6) is 0. The Kier molecular flexibility index (Phi) is 1.12. The largest absolute Gasteiger partial charge is 0.350 e. The molecule has 3 nitrogen and oxygen atoms in total. The Hall–Kier alpha value is -1.51. The summed E-state index contributed by atoms with van der Waals surface area (Å²) in [6.07, 6.45) is 3.65. The van der Waals surface area contributed by atoms with E-state index in [1.165, 1.54) is 0 Å². The third-order valence-electron chi connectivity index (χ3n) is 1.79. The van der Waals surface area contributed by atoms with Crippen LogP contribution >= 0.6 is 0 Å². The third-order valence-corrected chi connectivity index (χ3v) is 1.79. The van der Waals surface area contributed by atoms with Crippen LogP contribution in [-0.2, 0) is 7.05 Å². The van der Waals surface area contributed by atoms with Crippen LogP contribution in [0.3, 0.4) is 0 Å². The smallest absolute Gasteiger partial charge is 0.250 e. The molecule has 0 aliphatic heterocycles. The van der Waals surface area contributed by atoms with Gasteiger partial charge in [-0.3, -0.25) is 4.79 Å². The van der Waals surface area contributed by atoms with Crippen molar-refractivity contribution in [2.45, 2.75) is 0 Å². The van der Waals surface area contributed by atoms with Crippen LogP contribution < -0.4 is 5.56 Å². The summed E-state index contributed by atoms with van der Waals surface area (Å²) in [5.41, 5.74) is 0.910. The maximum Gasteiger partial charge on any atom is 0.250 e. The Balaban J connectivity index is 2.98. The standard InChI is InChI=1S/C8H8N2O/c1-10-3-2-6-5-9-8(11)4-7(6)10/h2-5H,1H3,(H,9,11). The number of aryl methyl sites for hydroxylation is 1. The minimum Gasteiger partial charge on any atom is -0.350 e. The highest BCUT2D eigenvalue weighted by Crippen LogP contribution is 2.09. The van der Waals surface area contributed by atoms with Gasteiger partial charge in [0, 0.05) is 30.9 Å². The highest BCUT2D eigenvalue weighted by Gasteiger charge is 1.95. The number of fused-ring (bicyclic) bond motifs is 1. The van der Waals surface area contributed by atoms with Crippen molar-refractivity contribution in [2.75, 3.05) is 0 Å². The molecule has 0 spiro atoms. The van der Waals surface area contributed by atoms with E-state index in [0.717, 1.165) is 10.9 Å². The van der Waals surface area contributed by atoms with E-state index in [0.29, 0.717) is 0 Å². The summed E-state index contributed by atoms with van der Waals surface area (Å²) in [6.45, 7) is 0. The Bertz CT molecular complexity index is 439. The molecule has 2 aromatic rings. The van der Waals surface area contributed by atoms with Gasteiger partial charge in [-0.05, 0) is 6.07 Å². The SMILES string of the molecule is Cn1ccc2c[nH]c(=O)cc21. The maximum atomic E-state index is 10.9. The Morgan fingerprint density at radius 1 is 1.55 bits per heavy atom. The monoisotopic (exact) mass is 148 g/mol.